The Morgan fingerprint density at radius 2 is 2.43 bits per heavy atom. The van der Waals surface area contributed by atoms with Gasteiger partial charge >= 0.3 is 5.24 Å². The SMILES string of the molecule is CCC(=NC(=O)SC)C1=NOCCO1. The molecule has 0 aliphatic carbocycles. The summed E-state index contributed by atoms with van der Waals surface area (Å²) in [6.07, 6.45) is 2.27. The molecule has 78 valence electrons. The lowest BCUT2D eigenvalue weighted by Crippen LogP contribution is -2.24. The van der Waals surface area contributed by atoms with Crippen LogP contribution in [0.15, 0.2) is 10.1 Å². The van der Waals surface area contributed by atoms with Crippen LogP contribution in [0.25, 0.3) is 0 Å². The molecule has 0 saturated carbocycles. The number of rotatable bonds is 2. The van der Waals surface area contributed by atoms with Crippen molar-refractivity contribution in [2.75, 3.05) is 19.5 Å². The number of carbonyl (C=O) groups excluding carboxylic acids is 1. The molecule has 0 aromatic carbocycles. The molecule has 0 aromatic rings. The van der Waals surface area contributed by atoms with Crippen LogP contribution >= 0.6 is 11.8 Å². The van der Waals surface area contributed by atoms with Gasteiger partial charge in [-0.2, -0.15) is 0 Å². The highest BCUT2D eigenvalue weighted by atomic mass is 32.2. The molecule has 1 amide bonds. The Kier molecular flexibility index (Phi) is 4.45. The minimum atomic E-state index is -0.251. The number of ether oxygens (including phenoxy) is 1. The van der Waals surface area contributed by atoms with Crippen LogP contribution in [-0.4, -0.2) is 36.3 Å². The van der Waals surface area contributed by atoms with E-state index in [0.29, 0.717) is 31.2 Å². The van der Waals surface area contributed by atoms with Crippen molar-refractivity contribution in [1.29, 1.82) is 0 Å². The number of oxime groups is 1. The van der Waals surface area contributed by atoms with E-state index in [4.69, 9.17) is 9.57 Å². The van der Waals surface area contributed by atoms with Crippen LogP contribution in [0.1, 0.15) is 13.3 Å². The van der Waals surface area contributed by atoms with Crippen molar-refractivity contribution in [3.63, 3.8) is 0 Å². The van der Waals surface area contributed by atoms with Gasteiger partial charge in [0.2, 0.25) is 0 Å². The van der Waals surface area contributed by atoms with Crippen LogP contribution in [0.5, 0.6) is 0 Å². The molecule has 0 bridgehead atoms. The fourth-order valence-electron chi connectivity index (χ4n) is 0.876. The van der Waals surface area contributed by atoms with E-state index in [1.807, 2.05) is 6.92 Å². The Balaban J connectivity index is 2.74. The Morgan fingerprint density at radius 1 is 1.64 bits per heavy atom. The predicted molar refractivity (Wildman–Crippen MR) is 56.0 cm³/mol. The van der Waals surface area contributed by atoms with Crippen LogP contribution in [-0.2, 0) is 9.57 Å². The number of thioether (sulfide) groups is 1. The Morgan fingerprint density at radius 3 is 2.93 bits per heavy atom. The zero-order chi connectivity index (χ0) is 10.4. The van der Waals surface area contributed by atoms with Gasteiger partial charge in [-0.1, -0.05) is 18.7 Å². The van der Waals surface area contributed by atoms with Crippen LogP contribution in [0.3, 0.4) is 0 Å². The van der Waals surface area contributed by atoms with Gasteiger partial charge < -0.3 is 9.57 Å². The molecule has 1 rings (SSSR count). The van der Waals surface area contributed by atoms with Crippen LogP contribution in [0, 0.1) is 0 Å². The number of hydrogen-bond acceptors (Lipinski definition) is 5. The molecule has 0 atom stereocenters. The maximum Gasteiger partial charge on any atom is 0.304 e. The van der Waals surface area contributed by atoms with Crippen LogP contribution < -0.4 is 0 Å². The normalized spacial score (nSPS) is 16.7. The molecule has 1 aliphatic heterocycles. The van der Waals surface area contributed by atoms with Crippen molar-refractivity contribution < 1.29 is 14.4 Å². The zero-order valence-electron chi connectivity index (χ0n) is 8.15. The number of hydrogen-bond donors (Lipinski definition) is 0. The number of carbonyl (C=O) groups is 1. The predicted octanol–water partition coefficient (Wildman–Crippen LogP) is 1.68. The second-order valence-corrected chi connectivity index (χ2v) is 3.22. The minimum Gasteiger partial charge on any atom is -0.471 e. The van der Waals surface area contributed by atoms with E-state index in [1.165, 1.54) is 0 Å². The lowest BCUT2D eigenvalue weighted by Gasteiger charge is -2.13. The first kappa shape index (κ1) is 11.0. The van der Waals surface area contributed by atoms with Gasteiger partial charge in [-0.15, -0.1) is 0 Å². The van der Waals surface area contributed by atoms with Crippen LogP contribution in [0.4, 0.5) is 4.79 Å². The molecule has 0 aromatic heterocycles. The molecule has 14 heavy (non-hydrogen) atoms. The quantitative estimate of drug-likeness (QED) is 0.659. The highest BCUT2D eigenvalue weighted by Crippen LogP contribution is 2.04. The van der Waals surface area contributed by atoms with Gasteiger partial charge in [-0.05, 0) is 17.8 Å². The van der Waals surface area contributed by atoms with Crippen molar-refractivity contribution >= 4 is 28.6 Å². The molecule has 0 radical (unpaired) electrons. The van der Waals surface area contributed by atoms with Gasteiger partial charge in [0.25, 0.3) is 5.90 Å². The van der Waals surface area contributed by atoms with Crippen molar-refractivity contribution in [3.8, 4) is 0 Å². The molecule has 0 saturated heterocycles. The molecule has 0 spiro atoms. The molecule has 0 fully saturated rings. The lowest BCUT2D eigenvalue weighted by atomic mass is 10.3. The second-order valence-electron chi connectivity index (χ2n) is 2.46. The highest BCUT2D eigenvalue weighted by Gasteiger charge is 2.14. The van der Waals surface area contributed by atoms with E-state index in [1.54, 1.807) is 6.26 Å². The third kappa shape index (κ3) is 3.02. The average molecular weight is 216 g/mol. The maximum atomic E-state index is 11.0. The van der Waals surface area contributed by atoms with E-state index in [-0.39, 0.29) is 5.24 Å². The van der Waals surface area contributed by atoms with E-state index < -0.39 is 0 Å². The summed E-state index contributed by atoms with van der Waals surface area (Å²) in [7, 11) is 0. The highest BCUT2D eigenvalue weighted by molar-refractivity contribution is 8.13. The Labute approximate surface area is 86.5 Å². The average Bonchev–Trinajstić information content (AvgIpc) is 2.26. The maximum absolute atomic E-state index is 11.0. The first-order valence-corrected chi connectivity index (χ1v) is 5.49. The van der Waals surface area contributed by atoms with Crippen LogP contribution in [0.2, 0.25) is 0 Å². The fraction of sp³-hybridized carbons (Fsp3) is 0.625. The van der Waals surface area contributed by atoms with E-state index in [9.17, 15) is 4.79 Å². The summed E-state index contributed by atoms with van der Waals surface area (Å²) in [6, 6.07) is 0. The summed E-state index contributed by atoms with van der Waals surface area (Å²) in [4.78, 5) is 19.7. The van der Waals surface area contributed by atoms with Gasteiger partial charge in [-0.25, -0.2) is 4.99 Å². The van der Waals surface area contributed by atoms with Gasteiger partial charge in [0.05, 0.1) is 0 Å². The summed E-state index contributed by atoms with van der Waals surface area (Å²) in [5.74, 6) is 0.321. The summed E-state index contributed by atoms with van der Waals surface area (Å²) in [5.41, 5.74) is 0.532. The number of aliphatic imine (C=N–C) groups is 1. The van der Waals surface area contributed by atoms with E-state index >= 15 is 0 Å². The first-order chi connectivity index (χ1) is 6.77. The standard InChI is InChI=1S/C8H12N2O3S/c1-3-6(9-8(11)14-2)7-10-13-5-4-12-7/h3-5H2,1-2H3. The van der Waals surface area contributed by atoms with Gasteiger partial charge in [-0.3, -0.25) is 4.79 Å². The van der Waals surface area contributed by atoms with Crippen molar-refractivity contribution in [2.24, 2.45) is 10.1 Å². The van der Waals surface area contributed by atoms with Gasteiger partial charge in [0.1, 0.15) is 12.3 Å². The van der Waals surface area contributed by atoms with Crippen molar-refractivity contribution in [2.45, 2.75) is 13.3 Å². The molecule has 5 nitrogen and oxygen atoms in total. The number of nitrogens with zero attached hydrogens (tertiary/aromatic N) is 2. The summed E-state index contributed by atoms with van der Waals surface area (Å²) in [6.45, 7) is 2.77. The lowest BCUT2D eigenvalue weighted by molar-refractivity contribution is 0.0674. The largest absolute Gasteiger partial charge is 0.471 e. The first-order valence-electron chi connectivity index (χ1n) is 4.26. The molecule has 6 heteroatoms. The fourth-order valence-corrected chi connectivity index (χ4v) is 1.08. The third-order valence-electron chi connectivity index (χ3n) is 1.54. The smallest absolute Gasteiger partial charge is 0.304 e. The summed E-state index contributed by atoms with van der Waals surface area (Å²) < 4.78 is 5.21. The zero-order valence-corrected chi connectivity index (χ0v) is 8.97. The van der Waals surface area contributed by atoms with Crippen molar-refractivity contribution in [1.82, 2.24) is 0 Å². The van der Waals surface area contributed by atoms with E-state index in [2.05, 4.69) is 10.1 Å². The Hall–Kier alpha value is -1.04. The summed E-state index contributed by atoms with van der Waals surface area (Å²) >= 11 is 1.05. The molecule has 0 unspecified atom stereocenters. The molecule has 0 N–H and O–H groups in total. The third-order valence-corrected chi connectivity index (χ3v) is 1.98. The monoisotopic (exact) mass is 216 g/mol. The second kappa shape index (κ2) is 5.64. The van der Waals surface area contributed by atoms with E-state index in [0.717, 1.165) is 11.8 Å². The molecule has 1 heterocycles. The topological polar surface area (TPSA) is 60.2 Å². The molecule has 1 aliphatic rings. The summed E-state index contributed by atoms with van der Waals surface area (Å²) in [5, 5.41) is 3.44. The molecular weight excluding hydrogens is 204 g/mol. The van der Waals surface area contributed by atoms with Crippen molar-refractivity contribution in [3.05, 3.63) is 0 Å². The van der Waals surface area contributed by atoms with Gasteiger partial charge in [0.15, 0.2) is 6.61 Å². The minimum absolute atomic E-state index is 0.251. The molecular formula is C8H12N2O3S. The number of amides is 1. The Bertz CT molecular complexity index is 276. The van der Waals surface area contributed by atoms with Gasteiger partial charge in [0, 0.05) is 0 Å².